The molecule has 2 aromatic carbocycles. The molecule has 1 N–H and O–H groups in total. The Kier molecular flexibility index (Phi) is 5.00. The first-order valence-corrected chi connectivity index (χ1v) is 8.97. The molecule has 1 aliphatic carbocycles. The number of nitrogens with zero attached hydrogens (tertiary/aromatic N) is 4. The van der Waals surface area contributed by atoms with Crippen molar-refractivity contribution in [3.63, 3.8) is 0 Å². The molecule has 0 spiro atoms. The monoisotopic (exact) mass is 421 g/mol. The maximum atomic E-state index is 14.9. The number of nitrogens with one attached hydrogen (secondary N) is 1. The van der Waals surface area contributed by atoms with E-state index in [4.69, 9.17) is 11.3 Å². The van der Waals surface area contributed by atoms with Gasteiger partial charge in [0.05, 0.1) is 11.5 Å². The number of rotatable bonds is 5. The Bertz CT molecular complexity index is 1280. The minimum absolute atomic E-state index is 0.0478. The minimum atomic E-state index is -0.743. The van der Waals surface area contributed by atoms with Crippen molar-refractivity contribution in [1.82, 2.24) is 9.97 Å². The molecular weight excluding hydrogens is 408 g/mol. The smallest absolute Gasteiger partial charge is 0.288 e. The number of halogens is 2. The Hall–Kier alpha value is -4.39. The molecule has 0 amide bonds. The van der Waals surface area contributed by atoms with Crippen LogP contribution in [0.25, 0.3) is 10.9 Å². The van der Waals surface area contributed by atoms with Crippen LogP contribution in [0.2, 0.25) is 0 Å². The highest BCUT2D eigenvalue weighted by molar-refractivity contribution is 5.76. The molecule has 1 heterocycles. The van der Waals surface area contributed by atoms with Gasteiger partial charge in [-0.15, -0.1) is 0 Å². The number of allylic oxidation sites excluding steroid dienone is 1. The molecule has 4 rings (SSSR count). The summed E-state index contributed by atoms with van der Waals surface area (Å²) >= 11 is 0. The number of anilines is 2. The lowest BCUT2D eigenvalue weighted by atomic mass is 10.1. The van der Waals surface area contributed by atoms with Gasteiger partial charge >= 0.3 is 0 Å². The Morgan fingerprint density at radius 3 is 2.68 bits per heavy atom. The second kappa shape index (κ2) is 7.79. The van der Waals surface area contributed by atoms with E-state index in [1.807, 2.05) is 0 Å². The first kappa shape index (κ1) is 19.9. The minimum Gasteiger partial charge on any atom is -0.446 e. The third kappa shape index (κ3) is 3.76. The van der Waals surface area contributed by atoms with Crippen molar-refractivity contribution in [1.29, 1.82) is 0 Å². The van der Waals surface area contributed by atoms with Gasteiger partial charge in [0.2, 0.25) is 5.88 Å². The van der Waals surface area contributed by atoms with Gasteiger partial charge in [-0.05, 0) is 25.5 Å². The van der Waals surface area contributed by atoms with Crippen molar-refractivity contribution in [2.24, 2.45) is 0 Å². The Morgan fingerprint density at radius 2 is 2.00 bits per heavy atom. The summed E-state index contributed by atoms with van der Waals surface area (Å²) in [5.41, 5.74) is 1.37. The maximum Gasteiger partial charge on any atom is 0.288 e. The molecule has 0 radical (unpaired) electrons. The largest absolute Gasteiger partial charge is 0.446 e. The summed E-state index contributed by atoms with van der Waals surface area (Å²) in [7, 11) is 0. The molecule has 0 saturated carbocycles. The van der Waals surface area contributed by atoms with E-state index < -0.39 is 22.3 Å². The summed E-state index contributed by atoms with van der Waals surface area (Å²) in [5, 5.41) is 13.6. The van der Waals surface area contributed by atoms with Crippen molar-refractivity contribution in [3.05, 3.63) is 86.5 Å². The fourth-order valence-corrected chi connectivity index (χ4v) is 3.18. The van der Waals surface area contributed by atoms with E-state index in [0.29, 0.717) is 12.1 Å². The highest BCUT2D eigenvalue weighted by Gasteiger charge is 2.24. The van der Waals surface area contributed by atoms with E-state index in [9.17, 15) is 18.9 Å². The molecule has 3 aromatic rings. The second-order valence-corrected chi connectivity index (χ2v) is 6.75. The van der Waals surface area contributed by atoms with Gasteiger partial charge in [-0.1, -0.05) is 11.6 Å². The van der Waals surface area contributed by atoms with E-state index in [-0.39, 0.29) is 34.2 Å². The highest BCUT2D eigenvalue weighted by atomic mass is 19.1. The molecule has 1 aliphatic rings. The Morgan fingerprint density at radius 1 is 1.26 bits per heavy atom. The van der Waals surface area contributed by atoms with Gasteiger partial charge in [-0.25, -0.2) is 23.6 Å². The van der Waals surface area contributed by atoms with Gasteiger partial charge in [0, 0.05) is 35.0 Å². The number of ether oxygens (including phenoxy) is 1. The van der Waals surface area contributed by atoms with E-state index >= 15 is 0 Å². The molecule has 0 atom stereocenters. The second-order valence-electron chi connectivity index (χ2n) is 6.75. The van der Waals surface area contributed by atoms with Crippen molar-refractivity contribution >= 4 is 29.0 Å². The summed E-state index contributed by atoms with van der Waals surface area (Å²) in [6, 6.07) is 6.39. The van der Waals surface area contributed by atoms with Crippen LogP contribution in [0.15, 0.2) is 42.2 Å². The summed E-state index contributed by atoms with van der Waals surface area (Å²) in [6.45, 7) is 9.23. The number of hydrogen-bond donors (Lipinski definition) is 1. The van der Waals surface area contributed by atoms with Crippen molar-refractivity contribution < 1.29 is 18.4 Å². The van der Waals surface area contributed by atoms with Crippen LogP contribution in [0.3, 0.4) is 0 Å². The molecular formula is C21H13F2N5O3. The predicted octanol–water partition coefficient (Wildman–Crippen LogP) is 5.71. The van der Waals surface area contributed by atoms with Crippen LogP contribution in [0.5, 0.6) is 11.6 Å². The molecule has 0 aliphatic heterocycles. The number of nitro benzene ring substituents is 1. The predicted molar refractivity (Wildman–Crippen MR) is 108 cm³/mol. The zero-order valence-corrected chi connectivity index (χ0v) is 16.0. The quantitative estimate of drug-likeness (QED) is 0.322. The normalized spacial score (nSPS) is 12.0. The van der Waals surface area contributed by atoms with Gasteiger partial charge < -0.3 is 10.1 Å². The molecule has 0 fully saturated rings. The van der Waals surface area contributed by atoms with E-state index in [2.05, 4.69) is 20.1 Å². The lowest BCUT2D eigenvalue weighted by molar-refractivity contribution is -0.384. The van der Waals surface area contributed by atoms with E-state index in [0.717, 1.165) is 18.0 Å². The van der Waals surface area contributed by atoms with Crippen molar-refractivity contribution in [2.45, 2.75) is 13.3 Å². The molecule has 0 bridgehead atoms. The molecule has 1 aromatic heterocycles. The number of benzene rings is 2. The van der Waals surface area contributed by atoms with E-state index in [1.54, 1.807) is 13.0 Å². The summed E-state index contributed by atoms with van der Waals surface area (Å²) in [5.74, 6) is -1.96. The molecule has 8 nitrogen and oxygen atoms in total. The molecule has 31 heavy (non-hydrogen) atoms. The number of hydrogen-bond acceptors (Lipinski definition) is 6. The van der Waals surface area contributed by atoms with Crippen molar-refractivity contribution in [2.75, 3.05) is 5.32 Å². The van der Waals surface area contributed by atoms with Gasteiger partial charge in [0.15, 0.2) is 11.6 Å². The SMILES string of the molecule is [C-]#[N+]c1c(Nc2ccc([N+](=O)[O-])cc2)ncnc1Oc1cc(F)c2c(c1F)C=C(C)C2. The standard InChI is InChI=1S/C21H13F2N5O3/c1-11-7-14-15(8-11)18(23)17(9-16(14)22)31-21-19(24-2)20(25-10-26-21)27-12-3-5-13(6-4-12)28(29)30/h3-6,8-10H,7H2,1H3,(H,25,26,27). The third-order valence-electron chi connectivity index (χ3n) is 4.62. The highest BCUT2D eigenvalue weighted by Crippen LogP contribution is 2.40. The first-order chi connectivity index (χ1) is 14.9. The van der Waals surface area contributed by atoms with Gasteiger partial charge in [0.1, 0.15) is 18.0 Å². The summed E-state index contributed by atoms with van der Waals surface area (Å²) < 4.78 is 34.7. The maximum absolute atomic E-state index is 14.9. The molecule has 154 valence electrons. The summed E-state index contributed by atoms with van der Waals surface area (Å²) in [6.07, 6.45) is 2.98. The zero-order valence-electron chi connectivity index (χ0n) is 16.0. The molecule has 0 saturated heterocycles. The fourth-order valence-electron chi connectivity index (χ4n) is 3.18. The first-order valence-electron chi connectivity index (χ1n) is 8.97. The number of nitro groups is 1. The van der Waals surface area contributed by atoms with Crippen molar-refractivity contribution in [3.8, 4) is 11.6 Å². The lowest BCUT2D eigenvalue weighted by Crippen LogP contribution is -2.01. The fraction of sp³-hybridized carbons (Fsp3) is 0.0952. The van der Waals surface area contributed by atoms with Crippen LogP contribution in [0.1, 0.15) is 18.1 Å². The summed E-state index contributed by atoms with van der Waals surface area (Å²) in [4.78, 5) is 21.5. The third-order valence-corrected chi connectivity index (χ3v) is 4.62. The van der Waals surface area contributed by atoms with Gasteiger partial charge in [-0.2, -0.15) is 0 Å². The lowest BCUT2D eigenvalue weighted by Gasteiger charge is -2.13. The number of aromatic nitrogens is 2. The van der Waals surface area contributed by atoms with Crippen LogP contribution in [-0.2, 0) is 6.42 Å². The van der Waals surface area contributed by atoms with E-state index in [1.165, 1.54) is 24.3 Å². The zero-order chi connectivity index (χ0) is 22.1. The van der Waals surface area contributed by atoms with Crippen LogP contribution < -0.4 is 10.1 Å². The average molecular weight is 421 g/mol. The topological polar surface area (TPSA) is 94.5 Å². The Labute approximate surface area is 174 Å². The van der Waals surface area contributed by atoms with Gasteiger partial charge in [0.25, 0.3) is 11.4 Å². The average Bonchev–Trinajstić information content (AvgIpc) is 3.15. The van der Waals surface area contributed by atoms with Gasteiger partial charge in [-0.3, -0.25) is 10.1 Å². The Balaban J connectivity index is 1.67. The van der Waals surface area contributed by atoms with Crippen LogP contribution in [0, 0.1) is 28.3 Å². The van der Waals surface area contributed by atoms with Crippen LogP contribution in [0.4, 0.5) is 31.7 Å². The number of fused-ring (bicyclic) bond motifs is 1. The van der Waals surface area contributed by atoms with Crippen LogP contribution >= 0.6 is 0 Å². The number of non-ortho nitro benzene ring substituents is 1. The van der Waals surface area contributed by atoms with Crippen LogP contribution in [-0.4, -0.2) is 14.9 Å². The molecule has 10 heteroatoms. The molecule has 0 unspecified atom stereocenters.